The van der Waals surface area contributed by atoms with Crippen LogP contribution in [-0.2, 0) is 0 Å². The van der Waals surface area contributed by atoms with Crippen molar-refractivity contribution in [1.82, 2.24) is 4.90 Å². The lowest BCUT2D eigenvalue weighted by Crippen LogP contribution is -2.55. The summed E-state index contributed by atoms with van der Waals surface area (Å²) in [5.74, 6) is 0.667. The van der Waals surface area contributed by atoms with Gasteiger partial charge in [-0.2, -0.15) is 0 Å². The molecule has 2 fully saturated rings. The van der Waals surface area contributed by atoms with Crippen LogP contribution in [0.5, 0.6) is 0 Å². The largest absolute Gasteiger partial charge is 0.327 e. The molecule has 3 atom stereocenters. The summed E-state index contributed by atoms with van der Waals surface area (Å²) in [5, 5.41) is 0. The number of piperidine rings is 1. The topological polar surface area (TPSA) is 29.3 Å². The van der Waals surface area contributed by atoms with Gasteiger partial charge in [-0.1, -0.05) is 26.2 Å². The molecule has 2 rings (SSSR count). The molecule has 2 nitrogen and oxygen atoms in total. The molecule has 15 heavy (non-hydrogen) atoms. The Hall–Kier alpha value is -0.0800. The Morgan fingerprint density at radius 1 is 1.00 bits per heavy atom. The molecule has 0 aromatic rings. The zero-order chi connectivity index (χ0) is 10.8. The van der Waals surface area contributed by atoms with Gasteiger partial charge in [0.1, 0.15) is 0 Å². The fourth-order valence-electron chi connectivity index (χ4n) is 3.35. The summed E-state index contributed by atoms with van der Waals surface area (Å²) in [5.41, 5.74) is 6.13. The van der Waals surface area contributed by atoms with Crippen LogP contribution < -0.4 is 5.73 Å². The highest BCUT2D eigenvalue weighted by atomic mass is 15.2. The van der Waals surface area contributed by atoms with E-state index < -0.39 is 0 Å². The highest BCUT2D eigenvalue weighted by Gasteiger charge is 2.34. The summed E-state index contributed by atoms with van der Waals surface area (Å²) < 4.78 is 0. The van der Waals surface area contributed by atoms with Crippen molar-refractivity contribution in [3.05, 3.63) is 0 Å². The van der Waals surface area contributed by atoms with Crippen LogP contribution in [0, 0.1) is 5.92 Å². The van der Waals surface area contributed by atoms with Gasteiger partial charge in [-0.3, -0.25) is 4.90 Å². The highest BCUT2D eigenvalue weighted by Crippen LogP contribution is 2.30. The van der Waals surface area contributed by atoms with E-state index in [-0.39, 0.29) is 0 Å². The molecule has 1 aliphatic carbocycles. The molecule has 0 aromatic carbocycles. The molecule has 88 valence electrons. The number of nitrogens with zero attached hydrogens (tertiary/aromatic N) is 1. The minimum absolute atomic E-state index is 0.430. The van der Waals surface area contributed by atoms with Crippen LogP contribution in [0.4, 0.5) is 0 Å². The lowest BCUT2D eigenvalue weighted by molar-refractivity contribution is 0.0404. The second kappa shape index (κ2) is 4.84. The first kappa shape index (κ1) is 11.4. The van der Waals surface area contributed by atoms with Gasteiger partial charge >= 0.3 is 0 Å². The molecule has 2 heteroatoms. The Morgan fingerprint density at radius 3 is 2.33 bits per heavy atom. The predicted octanol–water partition coefficient (Wildman–Crippen LogP) is 2.38. The SMILES string of the molecule is CC1C(N)CCN(C2CCCCC2)C1C. The van der Waals surface area contributed by atoms with Crippen LogP contribution in [0.2, 0.25) is 0 Å². The third-order valence-corrected chi connectivity index (χ3v) is 4.72. The van der Waals surface area contributed by atoms with Crippen molar-refractivity contribution in [2.75, 3.05) is 6.54 Å². The van der Waals surface area contributed by atoms with Crippen LogP contribution in [0.3, 0.4) is 0 Å². The maximum atomic E-state index is 6.13. The van der Waals surface area contributed by atoms with E-state index in [0.717, 1.165) is 6.04 Å². The van der Waals surface area contributed by atoms with Gasteiger partial charge in [0, 0.05) is 24.7 Å². The van der Waals surface area contributed by atoms with Crippen molar-refractivity contribution in [2.24, 2.45) is 11.7 Å². The van der Waals surface area contributed by atoms with Gasteiger partial charge in [-0.15, -0.1) is 0 Å². The average Bonchev–Trinajstić information content (AvgIpc) is 2.27. The van der Waals surface area contributed by atoms with Crippen molar-refractivity contribution in [1.29, 1.82) is 0 Å². The molecule has 0 amide bonds. The van der Waals surface area contributed by atoms with Crippen molar-refractivity contribution in [2.45, 2.75) is 70.5 Å². The summed E-state index contributed by atoms with van der Waals surface area (Å²) in [6, 6.07) is 1.99. The van der Waals surface area contributed by atoms with E-state index in [1.165, 1.54) is 45.1 Å². The smallest absolute Gasteiger partial charge is 0.0110 e. The Balaban J connectivity index is 1.96. The zero-order valence-electron chi connectivity index (χ0n) is 10.3. The van der Waals surface area contributed by atoms with Gasteiger partial charge in [0.05, 0.1) is 0 Å². The molecule has 0 spiro atoms. The normalized spacial score (nSPS) is 40.6. The third kappa shape index (κ3) is 2.36. The van der Waals surface area contributed by atoms with E-state index in [1.54, 1.807) is 0 Å². The molecule has 2 aliphatic rings. The van der Waals surface area contributed by atoms with Gasteiger partial charge in [0.2, 0.25) is 0 Å². The van der Waals surface area contributed by atoms with Gasteiger partial charge < -0.3 is 5.73 Å². The van der Waals surface area contributed by atoms with E-state index in [2.05, 4.69) is 18.7 Å². The average molecular weight is 210 g/mol. The maximum absolute atomic E-state index is 6.13. The minimum atomic E-state index is 0.430. The zero-order valence-corrected chi connectivity index (χ0v) is 10.3. The second-order valence-electron chi connectivity index (χ2n) is 5.58. The second-order valence-corrected chi connectivity index (χ2v) is 5.58. The van der Waals surface area contributed by atoms with Gasteiger partial charge in [0.25, 0.3) is 0 Å². The predicted molar refractivity (Wildman–Crippen MR) is 64.8 cm³/mol. The Labute approximate surface area is 94.2 Å². The quantitative estimate of drug-likeness (QED) is 0.720. The highest BCUT2D eigenvalue weighted by molar-refractivity contribution is 4.90. The van der Waals surface area contributed by atoms with Crippen LogP contribution in [0.15, 0.2) is 0 Å². The molecule has 1 saturated carbocycles. The lowest BCUT2D eigenvalue weighted by Gasteiger charge is -2.46. The first-order valence-electron chi connectivity index (χ1n) is 6.71. The summed E-state index contributed by atoms with van der Waals surface area (Å²) in [7, 11) is 0. The van der Waals surface area contributed by atoms with Crippen LogP contribution in [0.25, 0.3) is 0 Å². The van der Waals surface area contributed by atoms with E-state index in [1.807, 2.05) is 0 Å². The number of likely N-dealkylation sites (tertiary alicyclic amines) is 1. The number of nitrogens with two attached hydrogens (primary N) is 1. The molecule has 1 heterocycles. The molecule has 2 N–H and O–H groups in total. The molecule has 0 bridgehead atoms. The van der Waals surface area contributed by atoms with Crippen LogP contribution in [-0.4, -0.2) is 29.6 Å². The summed E-state index contributed by atoms with van der Waals surface area (Å²) in [6.45, 7) is 5.93. The van der Waals surface area contributed by atoms with E-state index in [0.29, 0.717) is 18.0 Å². The van der Waals surface area contributed by atoms with Gasteiger partial charge in [-0.25, -0.2) is 0 Å². The standard InChI is InChI=1S/C13H26N2/c1-10-11(2)15(9-8-13(10)14)12-6-4-3-5-7-12/h10-13H,3-9,14H2,1-2H3. The lowest BCUT2D eigenvalue weighted by atomic mass is 9.84. The van der Waals surface area contributed by atoms with Gasteiger partial charge in [0.15, 0.2) is 0 Å². The Kier molecular flexibility index (Phi) is 3.68. The maximum Gasteiger partial charge on any atom is 0.0110 e. The molecule has 1 saturated heterocycles. The van der Waals surface area contributed by atoms with Crippen molar-refractivity contribution in [3.8, 4) is 0 Å². The fraction of sp³-hybridized carbons (Fsp3) is 1.00. The molecule has 3 unspecified atom stereocenters. The van der Waals surface area contributed by atoms with Crippen molar-refractivity contribution in [3.63, 3.8) is 0 Å². The number of hydrogen-bond acceptors (Lipinski definition) is 2. The molecule has 0 aromatic heterocycles. The number of hydrogen-bond donors (Lipinski definition) is 1. The van der Waals surface area contributed by atoms with Crippen molar-refractivity contribution >= 4 is 0 Å². The van der Waals surface area contributed by atoms with Crippen LogP contribution in [0.1, 0.15) is 52.4 Å². The molecule has 0 radical (unpaired) electrons. The van der Waals surface area contributed by atoms with E-state index in [4.69, 9.17) is 5.73 Å². The van der Waals surface area contributed by atoms with Crippen molar-refractivity contribution < 1.29 is 0 Å². The third-order valence-electron chi connectivity index (χ3n) is 4.72. The summed E-state index contributed by atoms with van der Waals surface area (Å²) in [4.78, 5) is 2.74. The summed E-state index contributed by atoms with van der Waals surface area (Å²) in [6.07, 6.45) is 8.37. The minimum Gasteiger partial charge on any atom is -0.327 e. The van der Waals surface area contributed by atoms with Crippen LogP contribution >= 0.6 is 0 Å². The number of rotatable bonds is 1. The Bertz CT molecular complexity index is 197. The monoisotopic (exact) mass is 210 g/mol. The fourth-order valence-corrected chi connectivity index (χ4v) is 3.35. The van der Waals surface area contributed by atoms with E-state index in [9.17, 15) is 0 Å². The first-order chi connectivity index (χ1) is 7.20. The first-order valence-corrected chi connectivity index (χ1v) is 6.71. The molecular formula is C13H26N2. The molecule has 1 aliphatic heterocycles. The Morgan fingerprint density at radius 2 is 1.67 bits per heavy atom. The van der Waals surface area contributed by atoms with E-state index >= 15 is 0 Å². The molecular weight excluding hydrogens is 184 g/mol. The summed E-state index contributed by atoms with van der Waals surface area (Å²) >= 11 is 0. The van der Waals surface area contributed by atoms with Gasteiger partial charge in [-0.05, 0) is 32.1 Å².